The summed E-state index contributed by atoms with van der Waals surface area (Å²) >= 11 is 0. The third-order valence-electron chi connectivity index (χ3n) is 5.79. The molecule has 8 atom stereocenters. The number of amides is 4. The van der Waals surface area contributed by atoms with Gasteiger partial charge < -0.3 is 51.2 Å². The minimum absolute atomic E-state index is 0.226. The van der Waals surface area contributed by atoms with E-state index in [4.69, 9.17) is 25.1 Å². The van der Waals surface area contributed by atoms with Gasteiger partial charge in [0.1, 0.15) is 42.5 Å². The molecule has 1 aliphatic heterocycles. The first kappa shape index (κ1) is 33.2. The summed E-state index contributed by atoms with van der Waals surface area (Å²) in [6, 6.07) is -3.44. The quantitative estimate of drug-likeness (QED) is 0.0995. The van der Waals surface area contributed by atoms with Gasteiger partial charge in [-0.1, -0.05) is 13.3 Å². The van der Waals surface area contributed by atoms with Crippen LogP contribution in [0.3, 0.4) is 0 Å². The van der Waals surface area contributed by atoms with Crippen molar-refractivity contribution in [2.45, 2.75) is 102 Å². The number of carboxylic acid groups (broad SMARTS) is 1. The van der Waals surface area contributed by atoms with E-state index in [0.29, 0.717) is 6.42 Å². The van der Waals surface area contributed by atoms with Gasteiger partial charge in [0.2, 0.25) is 23.6 Å². The molecule has 1 unspecified atom stereocenters. The molecule has 0 aromatic heterocycles. The Morgan fingerprint density at radius 3 is 2.29 bits per heavy atom. The van der Waals surface area contributed by atoms with E-state index in [1.54, 1.807) is 0 Å². The van der Waals surface area contributed by atoms with Gasteiger partial charge in [-0.05, 0) is 26.7 Å². The fraction of sp³-hybridized carbons (Fsp3) is 0.783. The Labute approximate surface area is 220 Å². The number of aliphatic hydroxyl groups is 2. The number of nitrogens with one attached hydrogen (secondary N) is 3. The molecular formula is C23H40N4O11. The van der Waals surface area contributed by atoms with Crippen LogP contribution in [0.15, 0.2) is 0 Å². The lowest BCUT2D eigenvalue weighted by Gasteiger charge is -2.44. The van der Waals surface area contributed by atoms with Gasteiger partial charge in [0.15, 0.2) is 6.29 Å². The van der Waals surface area contributed by atoms with Crippen LogP contribution in [0.4, 0.5) is 0 Å². The zero-order chi connectivity index (χ0) is 29.0. The number of rotatable bonds is 16. The van der Waals surface area contributed by atoms with Crippen LogP contribution >= 0.6 is 0 Å². The first-order chi connectivity index (χ1) is 17.8. The molecule has 0 saturated carbocycles. The van der Waals surface area contributed by atoms with E-state index in [1.807, 2.05) is 6.92 Å². The molecule has 38 heavy (non-hydrogen) atoms. The van der Waals surface area contributed by atoms with Gasteiger partial charge in [0.25, 0.3) is 0 Å². The lowest BCUT2D eigenvalue weighted by molar-refractivity contribution is -0.280. The van der Waals surface area contributed by atoms with Crippen LogP contribution in [0.2, 0.25) is 0 Å². The number of carbonyl (C=O) groups excluding carboxylic acids is 4. The zero-order valence-corrected chi connectivity index (χ0v) is 22.0. The van der Waals surface area contributed by atoms with Gasteiger partial charge in [-0.25, -0.2) is 0 Å². The number of hydrogen-bond acceptors (Lipinski definition) is 10. The molecule has 15 nitrogen and oxygen atoms in total. The van der Waals surface area contributed by atoms with Gasteiger partial charge >= 0.3 is 5.97 Å². The fourth-order valence-electron chi connectivity index (χ4n) is 3.65. The van der Waals surface area contributed by atoms with Crippen LogP contribution < -0.4 is 21.7 Å². The number of aliphatic hydroxyl groups excluding tert-OH is 2. The van der Waals surface area contributed by atoms with E-state index < -0.39 is 91.5 Å². The van der Waals surface area contributed by atoms with Crippen LogP contribution in [0.5, 0.6) is 0 Å². The SMILES string of the molecule is CCCCO[C@@H]1O[C@H](CO)[C@@H](O)[C@H](OC(C)C(=O)N[C@@H](C)C(=O)N[C@H](CCC(=O)O)C(N)=O)[C@H]1NC(C)=O. The number of aliphatic carboxylic acids is 1. The molecule has 1 heterocycles. The first-order valence-corrected chi connectivity index (χ1v) is 12.4. The van der Waals surface area contributed by atoms with Gasteiger partial charge in [-0.15, -0.1) is 0 Å². The lowest BCUT2D eigenvalue weighted by Crippen LogP contribution is -2.66. The molecular weight excluding hydrogens is 508 g/mol. The van der Waals surface area contributed by atoms with Crippen molar-refractivity contribution in [3.05, 3.63) is 0 Å². The summed E-state index contributed by atoms with van der Waals surface area (Å²) in [4.78, 5) is 59.4. The van der Waals surface area contributed by atoms with Crippen molar-refractivity contribution in [3.63, 3.8) is 0 Å². The second kappa shape index (κ2) is 16.2. The summed E-state index contributed by atoms with van der Waals surface area (Å²) in [5.74, 6) is -4.13. The predicted octanol–water partition coefficient (Wildman–Crippen LogP) is -2.50. The molecule has 0 radical (unpaired) electrons. The van der Waals surface area contributed by atoms with E-state index in [9.17, 15) is 34.2 Å². The number of ether oxygens (including phenoxy) is 3. The van der Waals surface area contributed by atoms with Crippen LogP contribution in [0, 0.1) is 0 Å². The normalized spacial score (nSPS) is 25.5. The summed E-state index contributed by atoms with van der Waals surface area (Å²) < 4.78 is 17.1. The van der Waals surface area contributed by atoms with Crippen molar-refractivity contribution in [2.75, 3.05) is 13.2 Å². The molecule has 1 fully saturated rings. The van der Waals surface area contributed by atoms with Crippen molar-refractivity contribution in [3.8, 4) is 0 Å². The third kappa shape index (κ3) is 10.5. The zero-order valence-electron chi connectivity index (χ0n) is 22.0. The summed E-state index contributed by atoms with van der Waals surface area (Å²) in [7, 11) is 0. The highest BCUT2D eigenvalue weighted by atomic mass is 16.7. The Kier molecular flexibility index (Phi) is 14.1. The van der Waals surface area contributed by atoms with Crippen LogP contribution in [-0.4, -0.2) is 107 Å². The lowest BCUT2D eigenvalue weighted by atomic mass is 9.96. The van der Waals surface area contributed by atoms with Crippen LogP contribution in [0.1, 0.15) is 53.4 Å². The molecule has 8 N–H and O–H groups in total. The molecule has 218 valence electrons. The monoisotopic (exact) mass is 548 g/mol. The van der Waals surface area contributed by atoms with E-state index in [1.165, 1.54) is 20.8 Å². The molecule has 0 aromatic rings. The van der Waals surface area contributed by atoms with Gasteiger partial charge in [0, 0.05) is 20.0 Å². The minimum atomic E-state index is -1.44. The minimum Gasteiger partial charge on any atom is -0.481 e. The molecule has 4 amide bonds. The number of hydrogen-bond donors (Lipinski definition) is 7. The van der Waals surface area contributed by atoms with Crippen molar-refractivity contribution >= 4 is 29.6 Å². The molecule has 1 rings (SSSR count). The largest absolute Gasteiger partial charge is 0.481 e. The molecule has 1 saturated heterocycles. The highest BCUT2D eigenvalue weighted by Gasteiger charge is 2.48. The average Bonchev–Trinajstić information content (AvgIpc) is 2.84. The predicted molar refractivity (Wildman–Crippen MR) is 130 cm³/mol. The van der Waals surface area contributed by atoms with Gasteiger partial charge in [-0.3, -0.25) is 24.0 Å². The van der Waals surface area contributed by atoms with Gasteiger partial charge in [0.05, 0.1) is 6.61 Å². The third-order valence-corrected chi connectivity index (χ3v) is 5.79. The Morgan fingerprint density at radius 1 is 1.11 bits per heavy atom. The average molecular weight is 549 g/mol. The Hall–Kier alpha value is -2.85. The number of primary amides is 1. The number of carboxylic acids is 1. The van der Waals surface area contributed by atoms with Crippen molar-refractivity contribution in [1.82, 2.24) is 16.0 Å². The van der Waals surface area contributed by atoms with Crippen LogP contribution in [-0.2, 0) is 38.2 Å². The summed E-state index contributed by atoms with van der Waals surface area (Å²) in [6.07, 6.45) is -5.23. The van der Waals surface area contributed by atoms with Gasteiger partial charge in [-0.2, -0.15) is 0 Å². The highest BCUT2D eigenvalue weighted by Crippen LogP contribution is 2.26. The van der Waals surface area contributed by atoms with Crippen molar-refractivity contribution < 1.29 is 53.5 Å². The highest BCUT2D eigenvalue weighted by molar-refractivity contribution is 5.92. The van der Waals surface area contributed by atoms with Crippen LogP contribution in [0.25, 0.3) is 0 Å². The standard InChI is InChI=1S/C23H40N4O11/c1-5-6-9-36-23-17(26-13(4)29)19(18(32)15(10-28)38-23)37-12(3)22(35)25-11(2)21(34)27-14(20(24)33)7-8-16(30)31/h11-12,14-15,17-19,23,28,32H,5-10H2,1-4H3,(H2,24,33)(H,25,35)(H,26,29)(H,27,34)(H,30,31)/t11-,12?,14+,15+,17+,18+,19+,23+/m0/s1. The molecule has 0 aromatic carbocycles. The molecule has 15 heteroatoms. The maximum absolute atomic E-state index is 12.8. The second-order valence-electron chi connectivity index (χ2n) is 9.04. The topological polar surface area (TPSA) is 236 Å². The molecule has 0 aliphatic carbocycles. The van der Waals surface area contributed by atoms with E-state index >= 15 is 0 Å². The van der Waals surface area contributed by atoms with E-state index in [2.05, 4.69) is 16.0 Å². The summed E-state index contributed by atoms with van der Waals surface area (Å²) in [5.41, 5.74) is 5.21. The second-order valence-corrected chi connectivity index (χ2v) is 9.04. The number of carbonyl (C=O) groups is 5. The Morgan fingerprint density at radius 2 is 1.76 bits per heavy atom. The first-order valence-electron chi connectivity index (χ1n) is 12.4. The van der Waals surface area contributed by atoms with Crippen molar-refractivity contribution in [2.24, 2.45) is 5.73 Å². The molecule has 1 aliphatic rings. The van der Waals surface area contributed by atoms with E-state index in [0.717, 1.165) is 6.42 Å². The summed E-state index contributed by atoms with van der Waals surface area (Å²) in [6.45, 7) is 5.58. The maximum Gasteiger partial charge on any atom is 0.303 e. The number of nitrogens with two attached hydrogens (primary N) is 1. The fourth-order valence-corrected chi connectivity index (χ4v) is 3.65. The Balaban J connectivity index is 2.92. The number of unbranched alkanes of at least 4 members (excludes halogenated alkanes) is 1. The maximum atomic E-state index is 12.8. The van der Waals surface area contributed by atoms with Crippen molar-refractivity contribution in [1.29, 1.82) is 0 Å². The molecule has 0 bridgehead atoms. The summed E-state index contributed by atoms with van der Waals surface area (Å²) in [5, 5.41) is 36.5. The molecule has 0 spiro atoms. The smallest absolute Gasteiger partial charge is 0.303 e. The van der Waals surface area contributed by atoms with E-state index in [-0.39, 0.29) is 13.0 Å². The Bertz CT molecular complexity index is 827.